The van der Waals surface area contributed by atoms with E-state index in [-0.39, 0.29) is 24.8 Å². The van der Waals surface area contributed by atoms with Crippen LogP contribution in [0.25, 0.3) is 0 Å². The van der Waals surface area contributed by atoms with Gasteiger partial charge < -0.3 is 15.0 Å². The first kappa shape index (κ1) is 22.4. The van der Waals surface area contributed by atoms with Gasteiger partial charge in [-0.3, -0.25) is 4.79 Å². The van der Waals surface area contributed by atoms with Gasteiger partial charge in [0.2, 0.25) is 10.0 Å². The SMILES string of the molecule is Cc1ccc(OCC(=O)NCCS(=O)(=O)N2CCN(c3ccccc3Cl)CC2)cc1. The number of ether oxygens (including phenoxy) is 1. The summed E-state index contributed by atoms with van der Waals surface area (Å²) < 4.78 is 32.0. The Hall–Kier alpha value is -2.29. The van der Waals surface area contributed by atoms with Gasteiger partial charge in [0.25, 0.3) is 5.91 Å². The highest BCUT2D eigenvalue weighted by Gasteiger charge is 2.27. The molecule has 1 aliphatic heterocycles. The summed E-state index contributed by atoms with van der Waals surface area (Å²) in [5.74, 6) is 0.101. The number of carbonyl (C=O) groups is 1. The number of anilines is 1. The molecule has 2 aromatic rings. The maximum atomic E-state index is 12.6. The third kappa shape index (κ3) is 6.10. The third-order valence-corrected chi connectivity index (χ3v) is 7.09. The van der Waals surface area contributed by atoms with Gasteiger partial charge in [-0.1, -0.05) is 41.4 Å². The second-order valence-electron chi connectivity index (χ2n) is 7.11. The van der Waals surface area contributed by atoms with Crippen molar-refractivity contribution in [1.29, 1.82) is 0 Å². The molecule has 0 atom stereocenters. The van der Waals surface area contributed by atoms with Gasteiger partial charge in [0.05, 0.1) is 16.5 Å². The van der Waals surface area contributed by atoms with Gasteiger partial charge in [-0.05, 0) is 31.2 Å². The Morgan fingerprint density at radius 2 is 1.73 bits per heavy atom. The summed E-state index contributed by atoms with van der Waals surface area (Å²) >= 11 is 6.23. The molecular weight excluding hydrogens is 426 g/mol. The van der Waals surface area contributed by atoms with Crippen molar-refractivity contribution >= 4 is 33.2 Å². The molecule has 1 N–H and O–H groups in total. The lowest BCUT2D eigenvalue weighted by Crippen LogP contribution is -2.50. The molecule has 3 rings (SSSR count). The van der Waals surface area contributed by atoms with Crippen LogP contribution in [-0.2, 0) is 14.8 Å². The van der Waals surface area contributed by atoms with Crippen molar-refractivity contribution in [3.05, 3.63) is 59.1 Å². The Morgan fingerprint density at radius 1 is 1.07 bits per heavy atom. The van der Waals surface area contributed by atoms with Crippen LogP contribution < -0.4 is 15.0 Å². The van der Waals surface area contributed by atoms with Gasteiger partial charge in [-0.2, -0.15) is 4.31 Å². The van der Waals surface area contributed by atoms with Crippen molar-refractivity contribution in [2.45, 2.75) is 6.92 Å². The fourth-order valence-electron chi connectivity index (χ4n) is 3.20. The molecule has 1 aliphatic rings. The minimum atomic E-state index is -3.45. The van der Waals surface area contributed by atoms with Crippen LogP contribution in [0.5, 0.6) is 5.75 Å². The maximum Gasteiger partial charge on any atom is 0.257 e. The summed E-state index contributed by atoms with van der Waals surface area (Å²) in [4.78, 5) is 14.0. The van der Waals surface area contributed by atoms with Gasteiger partial charge in [-0.25, -0.2) is 8.42 Å². The minimum absolute atomic E-state index is 0.0448. The zero-order chi connectivity index (χ0) is 21.6. The number of hydrogen-bond donors (Lipinski definition) is 1. The Bertz CT molecular complexity index is 958. The Labute approximate surface area is 182 Å². The van der Waals surface area contributed by atoms with Crippen molar-refractivity contribution in [2.75, 3.05) is 50.0 Å². The second kappa shape index (κ2) is 10.1. The molecule has 2 aromatic carbocycles. The van der Waals surface area contributed by atoms with E-state index in [0.29, 0.717) is 37.0 Å². The Balaban J connectivity index is 1.40. The average molecular weight is 452 g/mol. The number of carbonyl (C=O) groups excluding carboxylic acids is 1. The molecule has 1 saturated heterocycles. The van der Waals surface area contributed by atoms with Crippen LogP contribution in [-0.4, -0.2) is 63.7 Å². The monoisotopic (exact) mass is 451 g/mol. The molecule has 1 fully saturated rings. The fraction of sp³-hybridized carbons (Fsp3) is 0.381. The number of rotatable bonds is 8. The van der Waals surface area contributed by atoms with E-state index in [1.807, 2.05) is 43.3 Å². The molecule has 7 nitrogen and oxygen atoms in total. The normalized spacial score (nSPS) is 15.1. The smallest absolute Gasteiger partial charge is 0.257 e. The lowest BCUT2D eigenvalue weighted by Gasteiger charge is -2.35. The van der Waals surface area contributed by atoms with E-state index >= 15 is 0 Å². The van der Waals surface area contributed by atoms with Crippen molar-refractivity contribution in [1.82, 2.24) is 9.62 Å². The van der Waals surface area contributed by atoms with Gasteiger partial charge in [-0.15, -0.1) is 0 Å². The molecule has 162 valence electrons. The van der Waals surface area contributed by atoms with Gasteiger partial charge in [0, 0.05) is 32.7 Å². The van der Waals surface area contributed by atoms with Crippen LogP contribution in [0.15, 0.2) is 48.5 Å². The average Bonchev–Trinajstić information content (AvgIpc) is 2.74. The van der Waals surface area contributed by atoms with E-state index in [4.69, 9.17) is 16.3 Å². The second-order valence-corrected chi connectivity index (χ2v) is 9.60. The Morgan fingerprint density at radius 3 is 2.40 bits per heavy atom. The molecule has 0 unspecified atom stereocenters. The summed E-state index contributed by atoms with van der Waals surface area (Å²) in [6, 6.07) is 14.9. The number of halogens is 1. The molecule has 9 heteroatoms. The lowest BCUT2D eigenvalue weighted by molar-refractivity contribution is -0.122. The first-order valence-corrected chi connectivity index (χ1v) is 11.8. The molecule has 0 aromatic heterocycles. The third-order valence-electron chi connectivity index (χ3n) is 4.90. The fourth-order valence-corrected chi connectivity index (χ4v) is 4.79. The van der Waals surface area contributed by atoms with Crippen molar-refractivity contribution in [3.8, 4) is 5.75 Å². The standard InChI is InChI=1S/C21H26ClN3O4S/c1-17-6-8-18(9-7-17)29-16-21(26)23-10-15-30(27,28)25-13-11-24(12-14-25)20-5-3-2-4-19(20)22/h2-9H,10-16H2,1H3,(H,23,26). The first-order valence-electron chi connectivity index (χ1n) is 9.78. The predicted octanol–water partition coefficient (Wildman–Crippen LogP) is 2.30. The number of piperazine rings is 1. The van der Waals surface area contributed by atoms with Crippen LogP contribution in [0.4, 0.5) is 5.69 Å². The number of sulfonamides is 1. The van der Waals surface area contributed by atoms with Gasteiger partial charge in [0.1, 0.15) is 5.75 Å². The van der Waals surface area contributed by atoms with E-state index in [1.165, 1.54) is 4.31 Å². The molecule has 1 heterocycles. The van der Waals surface area contributed by atoms with Crippen molar-refractivity contribution < 1.29 is 17.9 Å². The number of nitrogens with zero attached hydrogens (tertiary/aromatic N) is 2. The molecule has 30 heavy (non-hydrogen) atoms. The molecule has 0 saturated carbocycles. The first-order chi connectivity index (χ1) is 14.3. The van der Waals surface area contributed by atoms with E-state index < -0.39 is 10.0 Å². The highest BCUT2D eigenvalue weighted by Crippen LogP contribution is 2.26. The van der Waals surface area contributed by atoms with Crippen LogP contribution in [0.3, 0.4) is 0 Å². The summed E-state index contributed by atoms with van der Waals surface area (Å²) in [6.45, 7) is 3.77. The summed E-state index contributed by atoms with van der Waals surface area (Å²) in [6.07, 6.45) is 0. The quantitative estimate of drug-likeness (QED) is 0.666. The molecule has 1 amide bonds. The number of amides is 1. The molecule has 0 spiro atoms. The predicted molar refractivity (Wildman–Crippen MR) is 119 cm³/mol. The molecular formula is C21H26ClN3O4S. The largest absolute Gasteiger partial charge is 0.484 e. The van der Waals surface area contributed by atoms with E-state index in [0.717, 1.165) is 11.3 Å². The van der Waals surface area contributed by atoms with Crippen LogP contribution in [0, 0.1) is 6.92 Å². The zero-order valence-electron chi connectivity index (χ0n) is 16.9. The van der Waals surface area contributed by atoms with E-state index in [1.54, 1.807) is 12.1 Å². The topological polar surface area (TPSA) is 78.9 Å². The lowest BCUT2D eigenvalue weighted by atomic mass is 10.2. The molecule has 0 bridgehead atoms. The van der Waals surface area contributed by atoms with E-state index in [2.05, 4.69) is 10.2 Å². The number of aryl methyl sites for hydroxylation is 1. The Kier molecular flexibility index (Phi) is 7.58. The van der Waals surface area contributed by atoms with Crippen molar-refractivity contribution in [2.24, 2.45) is 0 Å². The summed E-state index contributed by atoms with van der Waals surface area (Å²) in [5, 5.41) is 3.26. The van der Waals surface area contributed by atoms with Crippen molar-refractivity contribution in [3.63, 3.8) is 0 Å². The van der Waals surface area contributed by atoms with Gasteiger partial charge in [0.15, 0.2) is 6.61 Å². The number of hydrogen-bond acceptors (Lipinski definition) is 5. The highest BCUT2D eigenvalue weighted by molar-refractivity contribution is 7.89. The maximum absolute atomic E-state index is 12.6. The molecule has 0 radical (unpaired) electrons. The zero-order valence-corrected chi connectivity index (χ0v) is 18.5. The van der Waals surface area contributed by atoms with Crippen LogP contribution in [0.2, 0.25) is 5.02 Å². The number of nitrogens with one attached hydrogen (secondary N) is 1. The number of para-hydroxylation sites is 1. The van der Waals surface area contributed by atoms with Crippen LogP contribution in [0.1, 0.15) is 5.56 Å². The highest BCUT2D eigenvalue weighted by atomic mass is 35.5. The van der Waals surface area contributed by atoms with Crippen LogP contribution >= 0.6 is 11.6 Å². The summed E-state index contributed by atoms with van der Waals surface area (Å²) in [5.41, 5.74) is 2.02. The van der Waals surface area contributed by atoms with Gasteiger partial charge >= 0.3 is 0 Å². The minimum Gasteiger partial charge on any atom is -0.484 e. The number of benzene rings is 2. The molecule has 0 aliphatic carbocycles. The van der Waals surface area contributed by atoms with E-state index in [9.17, 15) is 13.2 Å². The summed E-state index contributed by atoms with van der Waals surface area (Å²) in [7, 11) is -3.45.